The first-order valence-electron chi connectivity index (χ1n) is 16.6. The third-order valence-corrected chi connectivity index (χ3v) is 9.18. The maximum atomic E-state index is 13.4. The largest absolute Gasteiger partial charge is 0.493 e. The zero-order valence-corrected chi connectivity index (χ0v) is 27.4. The number of piperidine rings is 2. The van der Waals surface area contributed by atoms with Crippen molar-refractivity contribution in [3.8, 4) is 11.5 Å². The molecule has 3 aromatic carbocycles. The number of alkyl halides is 3. The van der Waals surface area contributed by atoms with Gasteiger partial charge in [-0.3, -0.25) is 4.79 Å². The van der Waals surface area contributed by atoms with E-state index in [2.05, 4.69) is 20.5 Å². The number of rotatable bonds is 9. The van der Waals surface area contributed by atoms with Gasteiger partial charge in [-0.05, 0) is 101 Å². The van der Waals surface area contributed by atoms with Gasteiger partial charge in [-0.25, -0.2) is 8.78 Å². The minimum Gasteiger partial charge on any atom is -0.493 e. The van der Waals surface area contributed by atoms with E-state index in [1.807, 2.05) is 0 Å². The molecule has 14 heteroatoms. The van der Waals surface area contributed by atoms with E-state index in [0.29, 0.717) is 30.1 Å². The van der Waals surface area contributed by atoms with Gasteiger partial charge >= 0.3 is 6.18 Å². The molecule has 0 bridgehead atoms. The summed E-state index contributed by atoms with van der Waals surface area (Å²) in [6, 6.07) is 12.5. The number of Topliss-reactive ketones (excluding diaryl/α,β-unsaturated/α-hetero) is 1. The molecular formula is C36H37F5N4O5. The lowest BCUT2D eigenvalue weighted by Crippen LogP contribution is -2.34. The second-order valence-electron chi connectivity index (χ2n) is 12.5. The predicted molar refractivity (Wildman–Crippen MR) is 175 cm³/mol. The second kappa shape index (κ2) is 15.5. The van der Waals surface area contributed by atoms with Crippen molar-refractivity contribution in [2.75, 3.05) is 46.4 Å². The molecule has 0 atom stereocenters. The quantitative estimate of drug-likeness (QED) is 0.0938. The Bertz CT molecular complexity index is 1910. The van der Waals surface area contributed by atoms with Crippen LogP contribution < -0.4 is 14.8 Å². The Balaban J connectivity index is 0.000000223. The highest BCUT2D eigenvalue weighted by molar-refractivity contribution is 6.00. The molecule has 0 unspecified atom stereocenters. The third-order valence-electron chi connectivity index (χ3n) is 9.18. The Morgan fingerprint density at radius 1 is 0.840 bits per heavy atom. The van der Waals surface area contributed by atoms with E-state index in [0.717, 1.165) is 92.7 Å². The third kappa shape index (κ3) is 8.24. The molecule has 2 fully saturated rings. The van der Waals surface area contributed by atoms with E-state index in [4.69, 9.17) is 18.5 Å². The molecule has 0 amide bonds. The van der Waals surface area contributed by atoms with Crippen LogP contribution in [0.25, 0.3) is 21.9 Å². The standard InChI is InChI=1S/C24H24F4N2O4.C12H13FN2O/c1-32-21-13-16(23(31)24(26,27)28)3-6-19(21)33-12-2-9-30-10-7-15(8-11-30)22-18-5-4-17(25)14-20(18)34-29-22;13-9-1-2-10-11(7-9)16-15-12(10)8-3-5-14-6-4-8/h3-6,13-15H,2,7-12H2,1H3;1-2,7-8,14H,3-6H2. The van der Waals surface area contributed by atoms with Crippen molar-refractivity contribution in [2.45, 2.75) is 50.1 Å². The summed E-state index contributed by atoms with van der Waals surface area (Å²) in [5, 5.41) is 13.4. The van der Waals surface area contributed by atoms with Crippen LogP contribution in [-0.4, -0.2) is 73.6 Å². The van der Waals surface area contributed by atoms with Crippen LogP contribution >= 0.6 is 0 Å². The molecule has 50 heavy (non-hydrogen) atoms. The molecule has 4 heterocycles. The van der Waals surface area contributed by atoms with E-state index >= 15 is 0 Å². The highest BCUT2D eigenvalue weighted by Gasteiger charge is 2.39. The van der Waals surface area contributed by atoms with Crippen molar-refractivity contribution in [1.82, 2.24) is 20.5 Å². The topological polar surface area (TPSA) is 103 Å². The van der Waals surface area contributed by atoms with E-state index in [1.165, 1.54) is 37.4 Å². The van der Waals surface area contributed by atoms with E-state index < -0.39 is 17.5 Å². The number of hydrogen-bond acceptors (Lipinski definition) is 9. The molecule has 9 nitrogen and oxygen atoms in total. The summed E-state index contributed by atoms with van der Waals surface area (Å²) in [6.07, 6.45) is -0.286. The van der Waals surface area contributed by atoms with Crippen molar-refractivity contribution in [2.24, 2.45) is 0 Å². The number of likely N-dealkylation sites (tertiary alicyclic amines) is 1. The van der Waals surface area contributed by atoms with Gasteiger partial charge < -0.3 is 28.7 Å². The summed E-state index contributed by atoms with van der Waals surface area (Å²) in [6.45, 7) is 4.92. The van der Waals surface area contributed by atoms with Gasteiger partial charge in [-0.2, -0.15) is 13.2 Å². The molecule has 0 radical (unpaired) electrons. The van der Waals surface area contributed by atoms with Gasteiger partial charge in [0.2, 0.25) is 0 Å². The summed E-state index contributed by atoms with van der Waals surface area (Å²) in [4.78, 5) is 13.7. The number of nitrogens with zero attached hydrogens (tertiary/aromatic N) is 3. The predicted octanol–water partition coefficient (Wildman–Crippen LogP) is 7.80. The van der Waals surface area contributed by atoms with Crippen LogP contribution in [0.5, 0.6) is 11.5 Å². The minimum atomic E-state index is -4.94. The lowest BCUT2D eigenvalue weighted by atomic mass is 9.91. The number of carbonyl (C=O) groups excluding carboxylic acids is 1. The van der Waals surface area contributed by atoms with Gasteiger partial charge in [0.05, 0.1) is 25.1 Å². The number of methoxy groups -OCH3 is 1. The van der Waals surface area contributed by atoms with Gasteiger partial charge in [-0.1, -0.05) is 10.3 Å². The van der Waals surface area contributed by atoms with Crippen LogP contribution in [0.1, 0.15) is 65.7 Å². The fraction of sp³-hybridized carbons (Fsp3) is 0.417. The molecule has 7 rings (SSSR count). The molecule has 266 valence electrons. The first-order valence-corrected chi connectivity index (χ1v) is 16.6. The first kappa shape index (κ1) is 35.3. The SMILES string of the molecule is COc1cc(C(=O)C(F)(F)F)ccc1OCCCN1CCC(c2noc3cc(F)ccc23)CC1.Fc1ccc2c(C3CCNCC3)noc2c1. The number of fused-ring (bicyclic) bond motifs is 2. The number of nitrogens with one attached hydrogen (secondary N) is 1. The fourth-order valence-corrected chi connectivity index (χ4v) is 6.54. The van der Waals surface area contributed by atoms with Crippen molar-refractivity contribution in [3.63, 3.8) is 0 Å². The van der Waals surface area contributed by atoms with Crippen LogP contribution in [-0.2, 0) is 0 Å². The molecular weight excluding hydrogens is 663 g/mol. The maximum absolute atomic E-state index is 13.4. The molecule has 1 N–H and O–H groups in total. The number of aromatic nitrogens is 2. The van der Waals surface area contributed by atoms with Crippen molar-refractivity contribution >= 4 is 27.7 Å². The molecule has 2 aromatic heterocycles. The number of ether oxygens (including phenoxy) is 2. The van der Waals surface area contributed by atoms with Gasteiger partial charge in [0.15, 0.2) is 22.7 Å². The second-order valence-corrected chi connectivity index (χ2v) is 12.5. The van der Waals surface area contributed by atoms with E-state index in [-0.39, 0.29) is 29.1 Å². The Morgan fingerprint density at radius 2 is 1.42 bits per heavy atom. The van der Waals surface area contributed by atoms with Crippen LogP contribution in [0.3, 0.4) is 0 Å². The first-order chi connectivity index (χ1) is 24.1. The average Bonchev–Trinajstić information content (AvgIpc) is 3.74. The summed E-state index contributed by atoms with van der Waals surface area (Å²) >= 11 is 0. The van der Waals surface area contributed by atoms with Gasteiger partial charge in [0, 0.05) is 46.8 Å². The van der Waals surface area contributed by atoms with Crippen molar-refractivity contribution in [3.05, 3.63) is 83.2 Å². The molecule has 0 saturated carbocycles. The zero-order valence-electron chi connectivity index (χ0n) is 27.4. The Labute approximate surface area is 284 Å². The molecule has 0 spiro atoms. The Kier molecular flexibility index (Phi) is 11.0. The Morgan fingerprint density at radius 3 is 1.98 bits per heavy atom. The highest BCUT2D eigenvalue weighted by atomic mass is 19.4. The minimum absolute atomic E-state index is 0.0793. The Hall–Kier alpha value is -4.56. The average molecular weight is 701 g/mol. The number of ketones is 1. The highest BCUT2D eigenvalue weighted by Crippen LogP contribution is 2.34. The summed E-state index contributed by atoms with van der Waals surface area (Å²) in [5.41, 5.74) is 2.37. The smallest absolute Gasteiger partial charge is 0.454 e. The van der Waals surface area contributed by atoms with Gasteiger partial charge in [0.1, 0.15) is 11.6 Å². The number of halogens is 5. The summed E-state index contributed by atoms with van der Waals surface area (Å²) in [5.74, 6) is -1.50. The number of carbonyl (C=O) groups is 1. The normalized spacial score (nSPS) is 16.4. The van der Waals surface area contributed by atoms with Gasteiger partial charge in [-0.15, -0.1) is 0 Å². The van der Waals surface area contributed by atoms with Crippen LogP contribution in [0, 0.1) is 11.6 Å². The van der Waals surface area contributed by atoms with E-state index in [9.17, 15) is 26.7 Å². The summed E-state index contributed by atoms with van der Waals surface area (Å²) in [7, 11) is 1.31. The van der Waals surface area contributed by atoms with E-state index in [1.54, 1.807) is 12.1 Å². The fourth-order valence-electron chi connectivity index (χ4n) is 6.54. The monoisotopic (exact) mass is 700 g/mol. The lowest BCUT2D eigenvalue weighted by molar-refractivity contribution is -0.0885. The van der Waals surface area contributed by atoms with Crippen LogP contribution in [0.4, 0.5) is 22.0 Å². The molecule has 2 aliphatic rings. The molecule has 2 saturated heterocycles. The van der Waals surface area contributed by atoms with Crippen molar-refractivity contribution < 1.29 is 45.3 Å². The van der Waals surface area contributed by atoms with Crippen LogP contribution in [0.2, 0.25) is 0 Å². The van der Waals surface area contributed by atoms with Crippen molar-refractivity contribution in [1.29, 1.82) is 0 Å². The zero-order chi connectivity index (χ0) is 35.3. The molecule has 2 aliphatic heterocycles. The maximum Gasteiger partial charge on any atom is 0.454 e. The summed E-state index contributed by atoms with van der Waals surface area (Å²) < 4.78 is 85.5. The number of benzene rings is 3. The van der Waals surface area contributed by atoms with Gasteiger partial charge in [0.25, 0.3) is 5.78 Å². The van der Waals surface area contributed by atoms with Crippen LogP contribution in [0.15, 0.2) is 63.6 Å². The number of hydrogen-bond donors (Lipinski definition) is 1. The molecule has 5 aromatic rings. The lowest BCUT2D eigenvalue weighted by Gasteiger charge is -2.31. The molecule has 0 aliphatic carbocycles.